The predicted molar refractivity (Wildman–Crippen MR) is 93.5 cm³/mol. The minimum Gasteiger partial charge on any atom is -0.274 e. The zero-order chi connectivity index (χ0) is 17.6. The zero-order valence-corrected chi connectivity index (χ0v) is 14.9. The first-order chi connectivity index (χ1) is 12.0. The number of amides is 2. The molecule has 1 saturated carbocycles. The Balaban J connectivity index is 1.57. The molecule has 1 aromatic heterocycles. The molecule has 2 atom stereocenters. The molecule has 1 aliphatic heterocycles. The van der Waals surface area contributed by atoms with E-state index in [4.69, 9.17) is 23.2 Å². The summed E-state index contributed by atoms with van der Waals surface area (Å²) in [6, 6.07) is 5.22. The Morgan fingerprint density at radius 1 is 1.08 bits per heavy atom. The van der Waals surface area contributed by atoms with Crippen LogP contribution in [0.25, 0.3) is 0 Å². The fourth-order valence-corrected chi connectivity index (χ4v) is 4.12. The van der Waals surface area contributed by atoms with E-state index in [0.29, 0.717) is 16.6 Å². The van der Waals surface area contributed by atoms with Crippen molar-refractivity contribution < 1.29 is 9.59 Å². The second kappa shape index (κ2) is 6.42. The molecule has 6 nitrogen and oxygen atoms in total. The topological polar surface area (TPSA) is 68.1 Å². The van der Waals surface area contributed by atoms with E-state index in [0.717, 1.165) is 36.1 Å². The number of imide groups is 1. The molecule has 0 spiro atoms. The molecule has 2 amide bonds. The SMILES string of the molecule is O=C1[C@H]2CCCC[C@H]2C(=O)N1c1ncn(Cc2ccc(Cl)cc2Cl)n1. The van der Waals surface area contributed by atoms with Crippen molar-refractivity contribution in [2.75, 3.05) is 4.90 Å². The van der Waals surface area contributed by atoms with Gasteiger partial charge in [0.2, 0.25) is 11.8 Å². The molecule has 1 saturated heterocycles. The number of benzene rings is 1. The minimum atomic E-state index is -0.209. The van der Waals surface area contributed by atoms with Crippen molar-refractivity contribution in [1.29, 1.82) is 0 Å². The molecule has 0 bridgehead atoms. The number of fused-ring (bicyclic) bond motifs is 1. The van der Waals surface area contributed by atoms with Crippen LogP contribution in [0, 0.1) is 11.8 Å². The highest BCUT2D eigenvalue weighted by atomic mass is 35.5. The smallest absolute Gasteiger partial charge is 0.258 e. The Bertz CT molecular complexity index is 827. The van der Waals surface area contributed by atoms with Gasteiger partial charge in [0.05, 0.1) is 18.4 Å². The molecular weight excluding hydrogens is 363 g/mol. The maximum Gasteiger partial charge on any atom is 0.258 e. The number of nitrogens with zero attached hydrogens (tertiary/aromatic N) is 4. The summed E-state index contributed by atoms with van der Waals surface area (Å²) in [7, 11) is 0. The maximum absolute atomic E-state index is 12.6. The van der Waals surface area contributed by atoms with Crippen molar-refractivity contribution in [2.24, 2.45) is 11.8 Å². The number of carbonyl (C=O) groups excluding carboxylic acids is 2. The van der Waals surface area contributed by atoms with Crippen LogP contribution in [0.4, 0.5) is 5.95 Å². The van der Waals surface area contributed by atoms with Gasteiger partial charge in [-0.05, 0) is 30.5 Å². The van der Waals surface area contributed by atoms with E-state index in [1.165, 1.54) is 6.33 Å². The first kappa shape index (κ1) is 16.5. The van der Waals surface area contributed by atoms with Gasteiger partial charge in [0.25, 0.3) is 5.95 Å². The summed E-state index contributed by atoms with van der Waals surface area (Å²) in [5.41, 5.74) is 0.829. The molecule has 1 aliphatic carbocycles. The van der Waals surface area contributed by atoms with Gasteiger partial charge < -0.3 is 0 Å². The lowest BCUT2D eigenvalue weighted by atomic mass is 9.81. The Kier molecular flexibility index (Phi) is 4.25. The number of aromatic nitrogens is 3. The van der Waals surface area contributed by atoms with Crippen molar-refractivity contribution in [3.8, 4) is 0 Å². The Morgan fingerprint density at radius 3 is 2.40 bits per heavy atom. The summed E-state index contributed by atoms with van der Waals surface area (Å²) in [6.45, 7) is 0.381. The summed E-state index contributed by atoms with van der Waals surface area (Å²) in [4.78, 5) is 30.5. The molecule has 2 heterocycles. The Morgan fingerprint density at radius 2 is 1.76 bits per heavy atom. The van der Waals surface area contributed by atoms with Crippen LogP contribution in [0.3, 0.4) is 0 Å². The van der Waals surface area contributed by atoms with Gasteiger partial charge in [0.15, 0.2) is 0 Å². The Labute approximate surface area is 154 Å². The fraction of sp³-hybridized carbons (Fsp3) is 0.412. The van der Waals surface area contributed by atoms with Gasteiger partial charge >= 0.3 is 0 Å². The lowest BCUT2D eigenvalue weighted by Crippen LogP contribution is -2.32. The first-order valence-electron chi connectivity index (χ1n) is 8.26. The van der Waals surface area contributed by atoms with E-state index < -0.39 is 0 Å². The maximum atomic E-state index is 12.6. The largest absolute Gasteiger partial charge is 0.274 e. The quantitative estimate of drug-likeness (QED) is 0.768. The average molecular weight is 379 g/mol. The van der Waals surface area contributed by atoms with E-state index >= 15 is 0 Å². The van der Waals surface area contributed by atoms with Gasteiger partial charge in [-0.25, -0.2) is 9.58 Å². The van der Waals surface area contributed by atoms with E-state index in [2.05, 4.69) is 10.1 Å². The second-order valence-corrected chi connectivity index (χ2v) is 7.33. The van der Waals surface area contributed by atoms with Crippen molar-refractivity contribution >= 4 is 41.0 Å². The third kappa shape index (κ3) is 2.93. The van der Waals surface area contributed by atoms with Crippen molar-refractivity contribution in [3.63, 3.8) is 0 Å². The summed E-state index contributed by atoms with van der Waals surface area (Å²) >= 11 is 12.1. The molecule has 2 aromatic rings. The first-order valence-corrected chi connectivity index (χ1v) is 9.01. The van der Waals surface area contributed by atoms with Crippen LogP contribution < -0.4 is 4.90 Å². The van der Waals surface area contributed by atoms with Gasteiger partial charge in [0.1, 0.15) is 6.33 Å². The number of anilines is 1. The molecule has 0 N–H and O–H groups in total. The van der Waals surface area contributed by atoms with Gasteiger partial charge in [-0.3, -0.25) is 9.59 Å². The Hall–Kier alpha value is -1.92. The molecule has 8 heteroatoms. The van der Waals surface area contributed by atoms with Gasteiger partial charge in [0, 0.05) is 10.0 Å². The highest BCUT2D eigenvalue weighted by Crippen LogP contribution is 2.39. The summed E-state index contributed by atoms with van der Waals surface area (Å²) < 4.78 is 1.56. The fourth-order valence-electron chi connectivity index (χ4n) is 3.65. The van der Waals surface area contributed by atoms with Gasteiger partial charge in [-0.15, -0.1) is 5.10 Å². The molecule has 1 aromatic carbocycles. The normalized spacial score (nSPS) is 23.2. The number of hydrogen-bond acceptors (Lipinski definition) is 4. The number of rotatable bonds is 3. The molecule has 2 fully saturated rings. The molecule has 130 valence electrons. The number of carbonyl (C=O) groups is 2. The molecule has 2 aliphatic rings. The minimum absolute atomic E-state index is 0.148. The van der Waals surface area contributed by atoms with Crippen LogP contribution in [0.5, 0.6) is 0 Å². The lowest BCUT2D eigenvalue weighted by Gasteiger charge is -2.19. The van der Waals surface area contributed by atoms with Crippen LogP contribution in [0.1, 0.15) is 31.2 Å². The van der Waals surface area contributed by atoms with Crippen LogP contribution in [0.15, 0.2) is 24.5 Å². The van der Waals surface area contributed by atoms with Crippen LogP contribution in [-0.2, 0) is 16.1 Å². The highest BCUT2D eigenvalue weighted by molar-refractivity contribution is 6.35. The van der Waals surface area contributed by atoms with Crippen molar-refractivity contribution in [2.45, 2.75) is 32.2 Å². The molecular formula is C17H16Cl2N4O2. The van der Waals surface area contributed by atoms with E-state index in [1.807, 2.05) is 6.07 Å². The van der Waals surface area contributed by atoms with E-state index in [1.54, 1.807) is 16.8 Å². The summed E-state index contributed by atoms with van der Waals surface area (Å²) in [5, 5.41) is 5.40. The van der Waals surface area contributed by atoms with Crippen LogP contribution in [0.2, 0.25) is 10.0 Å². The van der Waals surface area contributed by atoms with Crippen LogP contribution in [-0.4, -0.2) is 26.6 Å². The standard InChI is InChI=1S/C17H16Cl2N4O2/c18-11-6-5-10(14(19)7-11)8-22-9-20-17(21-22)23-15(24)12-3-1-2-4-13(12)16(23)25/h5-7,9,12-13H,1-4,8H2/t12-,13+. The third-order valence-corrected chi connectivity index (χ3v) is 5.50. The number of halogens is 2. The molecule has 0 unspecified atom stereocenters. The number of hydrogen-bond donors (Lipinski definition) is 0. The molecule has 25 heavy (non-hydrogen) atoms. The van der Waals surface area contributed by atoms with Crippen molar-refractivity contribution in [3.05, 3.63) is 40.1 Å². The van der Waals surface area contributed by atoms with Crippen LogP contribution >= 0.6 is 23.2 Å². The summed E-state index contributed by atoms with van der Waals surface area (Å²) in [5.74, 6) is -0.610. The third-order valence-electron chi connectivity index (χ3n) is 4.91. The predicted octanol–water partition coefficient (Wildman–Crippen LogP) is 3.31. The molecule has 4 rings (SSSR count). The van der Waals surface area contributed by atoms with E-state index in [9.17, 15) is 9.59 Å². The lowest BCUT2D eigenvalue weighted by molar-refractivity contribution is -0.122. The zero-order valence-electron chi connectivity index (χ0n) is 13.4. The monoisotopic (exact) mass is 378 g/mol. The summed E-state index contributed by atoms with van der Waals surface area (Å²) in [6.07, 6.45) is 5.03. The highest BCUT2D eigenvalue weighted by Gasteiger charge is 2.50. The van der Waals surface area contributed by atoms with Gasteiger partial charge in [-0.1, -0.05) is 42.1 Å². The van der Waals surface area contributed by atoms with Gasteiger partial charge in [-0.2, -0.15) is 4.98 Å². The van der Waals surface area contributed by atoms with Crippen molar-refractivity contribution in [1.82, 2.24) is 14.8 Å². The average Bonchev–Trinajstić information content (AvgIpc) is 3.14. The molecule has 0 radical (unpaired) electrons. The van der Waals surface area contributed by atoms with E-state index in [-0.39, 0.29) is 29.6 Å². The second-order valence-electron chi connectivity index (χ2n) is 6.49.